The summed E-state index contributed by atoms with van der Waals surface area (Å²) < 4.78 is 14.0. The van der Waals surface area contributed by atoms with Crippen molar-refractivity contribution in [2.75, 3.05) is 11.1 Å². The quantitative estimate of drug-likeness (QED) is 0.794. The lowest BCUT2D eigenvalue weighted by Gasteiger charge is -2.05. The second-order valence-electron chi connectivity index (χ2n) is 3.28. The van der Waals surface area contributed by atoms with Gasteiger partial charge in [-0.3, -0.25) is 9.89 Å². The van der Waals surface area contributed by atoms with Crippen molar-refractivity contribution in [1.29, 1.82) is 0 Å². The van der Waals surface area contributed by atoms with Crippen molar-refractivity contribution in [1.82, 2.24) is 10.2 Å². The topological polar surface area (TPSA) is 83.8 Å². The number of nitrogens with two attached hydrogens (primary N) is 1. The fraction of sp³-hybridized carbons (Fsp3) is 0. The smallest absolute Gasteiger partial charge is 0.259 e. The number of benzene rings is 1. The highest BCUT2D eigenvalue weighted by Crippen LogP contribution is 2.18. The van der Waals surface area contributed by atoms with Gasteiger partial charge in [0.25, 0.3) is 5.91 Å². The molecule has 2 aromatic rings. The molecule has 4 N–H and O–H groups in total. The first kappa shape index (κ1) is 11.6. The Kier molecular flexibility index (Phi) is 3.10. The molecule has 0 radical (unpaired) electrons. The number of rotatable bonds is 2. The van der Waals surface area contributed by atoms with E-state index in [-0.39, 0.29) is 17.1 Å². The number of aromatic amines is 1. The van der Waals surface area contributed by atoms with Gasteiger partial charge in [-0.25, -0.2) is 4.39 Å². The lowest BCUT2D eigenvalue weighted by atomic mass is 10.2. The van der Waals surface area contributed by atoms with Gasteiger partial charge >= 0.3 is 0 Å². The molecule has 17 heavy (non-hydrogen) atoms. The van der Waals surface area contributed by atoms with Gasteiger partial charge < -0.3 is 11.1 Å². The molecule has 88 valence electrons. The van der Waals surface area contributed by atoms with Crippen LogP contribution in [0.25, 0.3) is 0 Å². The monoisotopic (exact) mass is 298 g/mol. The fourth-order valence-electron chi connectivity index (χ4n) is 1.25. The van der Waals surface area contributed by atoms with Crippen LogP contribution in [-0.2, 0) is 0 Å². The summed E-state index contributed by atoms with van der Waals surface area (Å²) in [4.78, 5) is 11.7. The summed E-state index contributed by atoms with van der Waals surface area (Å²) in [6.07, 6.45) is 1.35. The molecule has 2 rings (SSSR count). The zero-order valence-corrected chi connectivity index (χ0v) is 10.1. The molecule has 1 amide bonds. The lowest BCUT2D eigenvalue weighted by Crippen LogP contribution is -2.14. The zero-order chi connectivity index (χ0) is 12.4. The molecule has 0 atom stereocenters. The number of hydrogen-bond acceptors (Lipinski definition) is 3. The van der Waals surface area contributed by atoms with E-state index in [1.807, 2.05) is 0 Å². The van der Waals surface area contributed by atoms with Crippen LogP contribution in [0.4, 0.5) is 15.9 Å². The van der Waals surface area contributed by atoms with Crippen molar-refractivity contribution in [3.05, 3.63) is 40.2 Å². The molecule has 0 spiro atoms. The van der Waals surface area contributed by atoms with Crippen LogP contribution in [0.15, 0.2) is 28.9 Å². The first-order chi connectivity index (χ1) is 8.08. The summed E-state index contributed by atoms with van der Waals surface area (Å²) in [5.74, 6) is -0.960. The van der Waals surface area contributed by atoms with Crippen LogP contribution in [0.3, 0.4) is 0 Å². The van der Waals surface area contributed by atoms with E-state index in [9.17, 15) is 9.18 Å². The van der Waals surface area contributed by atoms with Crippen LogP contribution in [-0.4, -0.2) is 16.1 Å². The molecule has 7 heteroatoms. The Morgan fingerprint density at radius 2 is 2.29 bits per heavy atom. The van der Waals surface area contributed by atoms with Crippen molar-refractivity contribution in [2.24, 2.45) is 0 Å². The SMILES string of the molecule is Nc1cn[nH]c1NC(=O)c1ccc(Br)cc1F. The zero-order valence-electron chi connectivity index (χ0n) is 8.50. The van der Waals surface area contributed by atoms with E-state index in [2.05, 4.69) is 31.4 Å². The number of H-pyrrole nitrogens is 1. The summed E-state index contributed by atoms with van der Waals surface area (Å²) in [5.41, 5.74) is 5.74. The highest BCUT2D eigenvalue weighted by Gasteiger charge is 2.13. The number of amides is 1. The van der Waals surface area contributed by atoms with Crippen molar-refractivity contribution in [3.63, 3.8) is 0 Å². The normalized spacial score (nSPS) is 10.2. The van der Waals surface area contributed by atoms with E-state index < -0.39 is 11.7 Å². The Morgan fingerprint density at radius 1 is 1.53 bits per heavy atom. The van der Waals surface area contributed by atoms with Crippen molar-refractivity contribution in [3.8, 4) is 0 Å². The molecule has 1 aromatic carbocycles. The lowest BCUT2D eigenvalue weighted by molar-refractivity contribution is 0.102. The van der Waals surface area contributed by atoms with E-state index in [0.717, 1.165) is 0 Å². The van der Waals surface area contributed by atoms with Crippen molar-refractivity contribution in [2.45, 2.75) is 0 Å². The number of carbonyl (C=O) groups is 1. The highest BCUT2D eigenvalue weighted by molar-refractivity contribution is 9.10. The maximum Gasteiger partial charge on any atom is 0.259 e. The van der Waals surface area contributed by atoms with Crippen LogP contribution in [0.1, 0.15) is 10.4 Å². The molecule has 0 aliphatic rings. The number of hydrogen-bond donors (Lipinski definition) is 3. The summed E-state index contributed by atoms with van der Waals surface area (Å²) in [6.45, 7) is 0. The van der Waals surface area contributed by atoms with E-state index in [1.54, 1.807) is 6.07 Å². The number of carbonyl (C=O) groups excluding carboxylic acids is 1. The molecule has 0 aliphatic carbocycles. The van der Waals surface area contributed by atoms with E-state index in [4.69, 9.17) is 5.73 Å². The minimum absolute atomic E-state index is 0.0674. The largest absolute Gasteiger partial charge is 0.394 e. The van der Waals surface area contributed by atoms with Crippen LogP contribution in [0.2, 0.25) is 0 Å². The number of aromatic nitrogens is 2. The molecule has 0 saturated heterocycles. The minimum atomic E-state index is -0.616. The molecule has 0 bridgehead atoms. The van der Waals surface area contributed by atoms with Crippen molar-refractivity contribution >= 4 is 33.3 Å². The fourth-order valence-corrected chi connectivity index (χ4v) is 1.58. The molecule has 0 saturated carbocycles. The molecule has 1 heterocycles. The second-order valence-corrected chi connectivity index (χ2v) is 4.19. The maximum atomic E-state index is 13.5. The Hall–Kier alpha value is -1.89. The average Bonchev–Trinajstić information content (AvgIpc) is 2.64. The maximum absolute atomic E-state index is 13.5. The molecular weight excluding hydrogens is 291 g/mol. The van der Waals surface area contributed by atoms with Gasteiger partial charge in [0.2, 0.25) is 0 Å². The second kappa shape index (κ2) is 4.54. The van der Waals surface area contributed by atoms with Crippen LogP contribution in [0, 0.1) is 5.82 Å². The number of nitrogen functional groups attached to an aromatic ring is 1. The standard InChI is InChI=1S/C10H8BrFN4O/c11-5-1-2-6(7(12)3-5)10(17)15-9-8(13)4-14-16-9/h1-4H,13H2,(H2,14,15,16,17). The summed E-state index contributed by atoms with van der Waals surface area (Å²) in [5, 5.41) is 8.57. The predicted octanol–water partition coefficient (Wildman–Crippen LogP) is 2.15. The van der Waals surface area contributed by atoms with Crippen molar-refractivity contribution < 1.29 is 9.18 Å². The summed E-state index contributed by atoms with van der Waals surface area (Å²) in [6, 6.07) is 4.17. The third-order valence-electron chi connectivity index (χ3n) is 2.08. The summed E-state index contributed by atoms with van der Waals surface area (Å²) >= 11 is 3.11. The van der Waals surface area contributed by atoms with Gasteiger partial charge in [-0.15, -0.1) is 0 Å². The highest BCUT2D eigenvalue weighted by atomic mass is 79.9. The molecular formula is C10H8BrFN4O. The van der Waals surface area contributed by atoms with Crippen LogP contribution < -0.4 is 11.1 Å². The first-order valence-corrected chi connectivity index (χ1v) is 5.42. The number of nitrogens with one attached hydrogen (secondary N) is 2. The molecule has 0 unspecified atom stereocenters. The van der Waals surface area contributed by atoms with Crippen LogP contribution >= 0.6 is 15.9 Å². The van der Waals surface area contributed by atoms with Gasteiger partial charge in [-0.2, -0.15) is 5.10 Å². The van der Waals surface area contributed by atoms with Gasteiger partial charge in [0.05, 0.1) is 17.4 Å². The number of anilines is 2. The molecule has 0 fully saturated rings. The van der Waals surface area contributed by atoms with E-state index in [1.165, 1.54) is 18.3 Å². The predicted molar refractivity (Wildman–Crippen MR) is 65.1 cm³/mol. The molecule has 0 aliphatic heterocycles. The Morgan fingerprint density at radius 3 is 2.88 bits per heavy atom. The number of nitrogens with zero attached hydrogens (tertiary/aromatic N) is 1. The van der Waals surface area contributed by atoms with Gasteiger partial charge in [0.1, 0.15) is 5.82 Å². The molecule has 5 nitrogen and oxygen atoms in total. The third-order valence-corrected chi connectivity index (χ3v) is 2.58. The van der Waals surface area contributed by atoms with E-state index >= 15 is 0 Å². The van der Waals surface area contributed by atoms with Gasteiger partial charge in [-0.1, -0.05) is 15.9 Å². The average molecular weight is 299 g/mol. The third kappa shape index (κ3) is 2.44. The summed E-state index contributed by atoms with van der Waals surface area (Å²) in [7, 11) is 0. The van der Waals surface area contributed by atoms with Gasteiger partial charge in [0, 0.05) is 4.47 Å². The van der Waals surface area contributed by atoms with Crippen LogP contribution in [0.5, 0.6) is 0 Å². The first-order valence-electron chi connectivity index (χ1n) is 4.63. The van der Waals surface area contributed by atoms with E-state index in [0.29, 0.717) is 4.47 Å². The Balaban J connectivity index is 2.23. The van der Waals surface area contributed by atoms with Gasteiger partial charge in [0.15, 0.2) is 5.82 Å². The Labute approximate surface area is 104 Å². The number of halogens is 2. The Bertz CT molecular complexity index is 569. The van der Waals surface area contributed by atoms with Gasteiger partial charge in [-0.05, 0) is 18.2 Å². The minimum Gasteiger partial charge on any atom is -0.394 e. The molecule has 1 aromatic heterocycles.